The van der Waals surface area contributed by atoms with Gasteiger partial charge >= 0.3 is 0 Å². The highest BCUT2D eigenvalue weighted by molar-refractivity contribution is 7.98. The van der Waals surface area contributed by atoms with E-state index in [2.05, 4.69) is 24.0 Å². The normalized spacial score (nSPS) is 10.0. The Kier molecular flexibility index (Phi) is 3.43. The molecule has 11 heavy (non-hydrogen) atoms. The molecule has 1 aromatic heterocycles. The third-order valence-corrected chi connectivity index (χ3v) is 2.21. The predicted molar refractivity (Wildman–Crippen MR) is 50.0 cm³/mol. The molecule has 0 fully saturated rings. The van der Waals surface area contributed by atoms with E-state index in [9.17, 15) is 0 Å². The number of aromatic nitrogens is 1. The lowest BCUT2D eigenvalue weighted by molar-refractivity contribution is 0.905. The van der Waals surface area contributed by atoms with E-state index in [-0.39, 0.29) is 0 Å². The summed E-state index contributed by atoms with van der Waals surface area (Å²) in [6, 6.07) is 4.23. The maximum Gasteiger partial charge on any atom is 0.0957 e. The van der Waals surface area contributed by atoms with Crippen LogP contribution in [0.4, 0.5) is 0 Å². The molecule has 0 aliphatic heterocycles. The van der Waals surface area contributed by atoms with Crippen LogP contribution < -0.4 is 0 Å². The summed E-state index contributed by atoms with van der Waals surface area (Å²) in [5, 5.41) is 1.10. The number of hydrogen-bond donors (Lipinski definition) is 0. The zero-order chi connectivity index (χ0) is 8.10. The average molecular weight is 167 g/mol. The summed E-state index contributed by atoms with van der Waals surface area (Å²) < 4.78 is 0. The van der Waals surface area contributed by atoms with E-state index in [1.165, 1.54) is 12.0 Å². The van der Waals surface area contributed by atoms with Crippen molar-refractivity contribution in [2.24, 2.45) is 0 Å². The topological polar surface area (TPSA) is 12.9 Å². The number of aryl methyl sites for hydroxylation is 1. The zero-order valence-electron chi connectivity index (χ0n) is 7.00. The van der Waals surface area contributed by atoms with Crippen LogP contribution in [0, 0.1) is 0 Å². The van der Waals surface area contributed by atoms with Gasteiger partial charge in [-0.15, -0.1) is 11.8 Å². The lowest BCUT2D eigenvalue weighted by atomic mass is 10.2. The predicted octanol–water partition coefficient (Wildman–Crippen LogP) is 2.76. The molecule has 0 radical (unpaired) electrons. The van der Waals surface area contributed by atoms with Gasteiger partial charge in [-0.1, -0.05) is 19.4 Å². The van der Waals surface area contributed by atoms with Crippen molar-refractivity contribution in [1.29, 1.82) is 0 Å². The van der Waals surface area contributed by atoms with Crippen LogP contribution in [-0.4, -0.2) is 11.2 Å². The van der Waals surface area contributed by atoms with E-state index in [0.29, 0.717) is 0 Å². The minimum absolute atomic E-state index is 1.10. The van der Waals surface area contributed by atoms with E-state index in [4.69, 9.17) is 0 Å². The van der Waals surface area contributed by atoms with Crippen molar-refractivity contribution in [3.8, 4) is 0 Å². The van der Waals surface area contributed by atoms with Crippen molar-refractivity contribution in [2.75, 3.05) is 6.26 Å². The first-order valence-corrected chi connectivity index (χ1v) is 5.08. The second-order valence-electron chi connectivity index (χ2n) is 2.46. The number of thioether (sulfide) groups is 1. The summed E-state index contributed by atoms with van der Waals surface area (Å²) in [5.74, 6) is 0. The standard InChI is InChI=1S/C9H13NS/c1-3-4-8-5-6-9(11-2)10-7-8/h5-7H,3-4H2,1-2H3. The highest BCUT2D eigenvalue weighted by Gasteiger charge is 1.92. The van der Waals surface area contributed by atoms with Crippen LogP contribution in [0.15, 0.2) is 23.4 Å². The Morgan fingerprint density at radius 2 is 2.27 bits per heavy atom. The molecule has 0 amide bonds. The fourth-order valence-corrected chi connectivity index (χ4v) is 1.33. The van der Waals surface area contributed by atoms with Gasteiger partial charge in [0.2, 0.25) is 0 Å². The Morgan fingerprint density at radius 3 is 2.73 bits per heavy atom. The highest BCUT2D eigenvalue weighted by atomic mass is 32.2. The van der Waals surface area contributed by atoms with Crippen LogP contribution in [0.5, 0.6) is 0 Å². The molecule has 0 aromatic carbocycles. The Morgan fingerprint density at radius 1 is 1.45 bits per heavy atom. The van der Waals surface area contributed by atoms with Crippen molar-refractivity contribution in [3.05, 3.63) is 23.9 Å². The van der Waals surface area contributed by atoms with E-state index >= 15 is 0 Å². The van der Waals surface area contributed by atoms with E-state index < -0.39 is 0 Å². The minimum Gasteiger partial charge on any atom is -0.250 e. The Labute approximate surface area is 72.2 Å². The van der Waals surface area contributed by atoms with Gasteiger partial charge in [-0.05, 0) is 24.3 Å². The van der Waals surface area contributed by atoms with Crippen molar-refractivity contribution in [1.82, 2.24) is 4.98 Å². The molecular weight excluding hydrogens is 154 g/mol. The van der Waals surface area contributed by atoms with E-state index in [0.717, 1.165) is 11.4 Å². The molecule has 0 saturated carbocycles. The Bertz CT molecular complexity index is 205. The van der Waals surface area contributed by atoms with Gasteiger partial charge < -0.3 is 0 Å². The molecule has 2 heteroatoms. The van der Waals surface area contributed by atoms with Gasteiger partial charge in [-0.3, -0.25) is 0 Å². The molecule has 0 spiro atoms. The van der Waals surface area contributed by atoms with Crippen LogP contribution in [0.3, 0.4) is 0 Å². The van der Waals surface area contributed by atoms with Gasteiger partial charge in [-0.2, -0.15) is 0 Å². The first-order chi connectivity index (χ1) is 5.36. The maximum atomic E-state index is 4.28. The average Bonchev–Trinajstić information content (AvgIpc) is 2.07. The molecule has 0 unspecified atom stereocenters. The lowest BCUT2D eigenvalue weighted by Gasteiger charge is -1.98. The number of rotatable bonds is 3. The summed E-state index contributed by atoms with van der Waals surface area (Å²) in [6.07, 6.45) is 6.35. The molecule has 0 atom stereocenters. The first kappa shape index (κ1) is 8.60. The summed E-state index contributed by atoms with van der Waals surface area (Å²) in [5.41, 5.74) is 1.34. The van der Waals surface area contributed by atoms with Gasteiger partial charge in [0.05, 0.1) is 5.03 Å². The molecule has 60 valence electrons. The molecule has 0 aliphatic carbocycles. The van der Waals surface area contributed by atoms with Crippen LogP contribution in [0.1, 0.15) is 18.9 Å². The summed E-state index contributed by atoms with van der Waals surface area (Å²) in [4.78, 5) is 4.28. The monoisotopic (exact) mass is 167 g/mol. The van der Waals surface area contributed by atoms with E-state index in [1.807, 2.05) is 12.5 Å². The molecule has 0 N–H and O–H groups in total. The number of hydrogen-bond acceptors (Lipinski definition) is 2. The van der Waals surface area contributed by atoms with Crippen molar-refractivity contribution in [2.45, 2.75) is 24.8 Å². The Balaban J connectivity index is 2.66. The fraction of sp³-hybridized carbons (Fsp3) is 0.444. The second kappa shape index (κ2) is 4.39. The highest BCUT2D eigenvalue weighted by Crippen LogP contribution is 2.11. The molecule has 0 aliphatic rings. The van der Waals surface area contributed by atoms with Crippen LogP contribution in [-0.2, 0) is 6.42 Å². The number of pyridine rings is 1. The second-order valence-corrected chi connectivity index (χ2v) is 3.29. The van der Waals surface area contributed by atoms with Crippen LogP contribution >= 0.6 is 11.8 Å². The quantitative estimate of drug-likeness (QED) is 0.642. The van der Waals surface area contributed by atoms with Gasteiger partial charge in [0, 0.05) is 6.20 Å². The molecule has 1 nitrogen and oxygen atoms in total. The molecule has 0 bridgehead atoms. The largest absolute Gasteiger partial charge is 0.250 e. The molecule has 1 heterocycles. The van der Waals surface area contributed by atoms with Crippen molar-refractivity contribution in [3.63, 3.8) is 0 Å². The third kappa shape index (κ3) is 2.54. The fourth-order valence-electron chi connectivity index (χ4n) is 0.968. The van der Waals surface area contributed by atoms with Crippen molar-refractivity contribution >= 4 is 11.8 Å². The van der Waals surface area contributed by atoms with Gasteiger partial charge in [-0.25, -0.2) is 4.98 Å². The molecular formula is C9H13NS. The van der Waals surface area contributed by atoms with Crippen molar-refractivity contribution < 1.29 is 0 Å². The SMILES string of the molecule is CCCc1ccc(SC)nc1. The summed E-state index contributed by atoms with van der Waals surface area (Å²) >= 11 is 1.68. The number of nitrogens with zero attached hydrogens (tertiary/aromatic N) is 1. The molecule has 1 rings (SSSR count). The van der Waals surface area contributed by atoms with Gasteiger partial charge in [0.15, 0.2) is 0 Å². The third-order valence-electron chi connectivity index (χ3n) is 1.55. The first-order valence-electron chi connectivity index (χ1n) is 3.85. The maximum absolute atomic E-state index is 4.28. The Hall–Kier alpha value is -0.500. The minimum atomic E-state index is 1.10. The van der Waals surface area contributed by atoms with Crippen LogP contribution in [0.25, 0.3) is 0 Å². The van der Waals surface area contributed by atoms with Crippen LogP contribution in [0.2, 0.25) is 0 Å². The summed E-state index contributed by atoms with van der Waals surface area (Å²) in [6.45, 7) is 2.18. The summed E-state index contributed by atoms with van der Waals surface area (Å²) in [7, 11) is 0. The van der Waals surface area contributed by atoms with Gasteiger partial charge in [0.1, 0.15) is 0 Å². The zero-order valence-corrected chi connectivity index (χ0v) is 7.82. The van der Waals surface area contributed by atoms with Gasteiger partial charge in [0.25, 0.3) is 0 Å². The molecule has 0 saturated heterocycles. The lowest BCUT2D eigenvalue weighted by Crippen LogP contribution is -1.85. The molecule has 1 aromatic rings. The smallest absolute Gasteiger partial charge is 0.0957 e. The van der Waals surface area contributed by atoms with E-state index in [1.54, 1.807) is 11.8 Å².